The number of esters is 1. The predicted molar refractivity (Wildman–Crippen MR) is 180 cm³/mol. The van der Waals surface area contributed by atoms with Gasteiger partial charge in [-0.25, -0.2) is 8.78 Å². The molecule has 0 spiro atoms. The first-order valence-electron chi connectivity index (χ1n) is 15.6. The molecule has 1 heterocycles. The van der Waals surface area contributed by atoms with Crippen LogP contribution in [0.15, 0.2) is 36.4 Å². The van der Waals surface area contributed by atoms with Gasteiger partial charge in [-0.1, -0.05) is 76.0 Å². The van der Waals surface area contributed by atoms with E-state index in [1.807, 2.05) is 0 Å². The number of nitriles is 1. The molecule has 248 valence electrons. The Balaban J connectivity index is 2.38. The van der Waals surface area contributed by atoms with Crippen LogP contribution in [0.25, 0.3) is 0 Å². The molecule has 0 bridgehead atoms. The van der Waals surface area contributed by atoms with Crippen molar-refractivity contribution in [1.29, 1.82) is 5.26 Å². The third kappa shape index (κ3) is 7.60. The fourth-order valence-corrected chi connectivity index (χ4v) is 8.30. The van der Waals surface area contributed by atoms with Gasteiger partial charge in [0.05, 0.1) is 16.7 Å². The minimum atomic E-state index is -1.77. The molecule has 3 rings (SSSR count). The number of ether oxygens (including phenoxy) is 1. The summed E-state index contributed by atoms with van der Waals surface area (Å²) in [7, 11) is -0.982. The van der Waals surface area contributed by atoms with E-state index in [0.717, 1.165) is 6.07 Å². The van der Waals surface area contributed by atoms with Crippen LogP contribution < -0.4 is 5.32 Å². The van der Waals surface area contributed by atoms with Gasteiger partial charge < -0.3 is 9.16 Å². The van der Waals surface area contributed by atoms with Gasteiger partial charge in [0.2, 0.25) is 0 Å². The Hall–Kier alpha value is -2.02. The van der Waals surface area contributed by atoms with Crippen molar-refractivity contribution in [2.45, 2.75) is 128 Å². The van der Waals surface area contributed by atoms with E-state index in [9.17, 15) is 10.1 Å². The van der Waals surface area contributed by atoms with Crippen molar-refractivity contribution >= 4 is 38.9 Å². The average molecular weight is 682 g/mol. The Labute approximate surface area is 280 Å². The highest BCUT2D eigenvalue weighted by Crippen LogP contribution is 2.56. The second-order valence-electron chi connectivity index (χ2n) is 15.0. The molecule has 0 aliphatic carbocycles. The first kappa shape index (κ1) is 37.4. The zero-order chi connectivity index (χ0) is 34.2. The molecule has 2 aromatic rings. The quantitative estimate of drug-likeness (QED) is 0.201. The highest BCUT2D eigenvalue weighted by atomic mass is 35.5. The molecule has 1 aliphatic heterocycles. The molecule has 4 atom stereocenters. The lowest BCUT2D eigenvalue weighted by Crippen LogP contribution is -2.53. The van der Waals surface area contributed by atoms with Crippen molar-refractivity contribution in [3.63, 3.8) is 0 Å². The Morgan fingerprint density at radius 3 is 2.18 bits per heavy atom. The van der Waals surface area contributed by atoms with Gasteiger partial charge in [0.25, 0.3) is 0 Å². The van der Waals surface area contributed by atoms with Crippen LogP contribution in [0.2, 0.25) is 15.1 Å². The molecule has 5 nitrogen and oxygen atoms in total. The molecule has 10 heteroatoms. The first-order valence-corrected chi connectivity index (χ1v) is 17.7. The maximum Gasteiger partial charge on any atom is 0.324 e. The van der Waals surface area contributed by atoms with E-state index < -0.39 is 67.4 Å². The molecular formula is C35H48Cl2F2N2O3Si. The van der Waals surface area contributed by atoms with Crippen LogP contribution in [0.5, 0.6) is 0 Å². The summed E-state index contributed by atoms with van der Waals surface area (Å²) in [6, 6.07) is 9.01. The summed E-state index contributed by atoms with van der Waals surface area (Å²) < 4.78 is 44.8. The number of carbonyl (C=O) groups excluding carboxylic acids is 1. The summed E-state index contributed by atoms with van der Waals surface area (Å²) in [4.78, 5) is 14.0. The molecule has 1 aliphatic rings. The second kappa shape index (κ2) is 13.6. The van der Waals surface area contributed by atoms with Crippen molar-refractivity contribution in [3.05, 3.63) is 69.2 Å². The Morgan fingerprint density at radius 2 is 1.67 bits per heavy atom. The molecule has 0 saturated carbocycles. The van der Waals surface area contributed by atoms with E-state index in [1.165, 1.54) is 24.3 Å². The van der Waals surface area contributed by atoms with Gasteiger partial charge in [-0.3, -0.25) is 10.1 Å². The SMILES string of the molecule is CCC(CC)(CC1NC(C(=O)OC(C)(C)C)C(c2cccc(Cl)c2F)C1(C#N)c1ccc(Cl)cc1F)C(C)(C)O[SiH2]C(C)(C)C. The summed E-state index contributed by atoms with van der Waals surface area (Å²) >= 11 is 12.5. The van der Waals surface area contributed by atoms with Gasteiger partial charge in [-0.2, -0.15) is 5.26 Å². The maximum absolute atomic E-state index is 16.1. The zero-order valence-corrected chi connectivity index (χ0v) is 31.1. The third-order valence-electron chi connectivity index (χ3n) is 9.38. The Bertz CT molecular complexity index is 1430. The molecule has 0 radical (unpaired) electrons. The van der Waals surface area contributed by atoms with Crippen molar-refractivity contribution < 1.29 is 22.7 Å². The van der Waals surface area contributed by atoms with Gasteiger partial charge in [0.15, 0.2) is 9.76 Å². The fraction of sp³-hybridized carbons (Fsp3) is 0.600. The minimum absolute atomic E-state index is 0.0197. The van der Waals surface area contributed by atoms with Crippen molar-refractivity contribution in [2.24, 2.45) is 5.41 Å². The van der Waals surface area contributed by atoms with Crippen LogP contribution in [0.4, 0.5) is 8.78 Å². The van der Waals surface area contributed by atoms with E-state index in [-0.39, 0.29) is 26.2 Å². The van der Waals surface area contributed by atoms with E-state index in [1.54, 1.807) is 26.8 Å². The monoisotopic (exact) mass is 680 g/mol. The standard InChI is InChI=1S/C35H48Cl2F2N2O3Si/c1-11-34(12-2,33(9,10)44-45-32(6,7)8)19-26-35(20-40,23-17-16-21(36)18-25(23)38)27(22-14-13-15-24(37)28(22)39)29(41-26)30(42)43-31(3,4)5/h13-18,26-27,29,41H,11-12,19,45H2,1-10H3. The molecular weight excluding hydrogens is 633 g/mol. The third-order valence-corrected chi connectivity index (χ3v) is 11.6. The van der Waals surface area contributed by atoms with Crippen molar-refractivity contribution in [1.82, 2.24) is 5.32 Å². The summed E-state index contributed by atoms with van der Waals surface area (Å²) in [5, 5.41) is 14.7. The summed E-state index contributed by atoms with van der Waals surface area (Å²) in [5.41, 5.74) is -3.73. The van der Waals surface area contributed by atoms with Crippen molar-refractivity contribution in [2.75, 3.05) is 0 Å². The van der Waals surface area contributed by atoms with Crippen LogP contribution in [-0.2, 0) is 19.4 Å². The number of hydrogen-bond donors (Lipinski definition) is 1. The van der Waals surface area contributed by atoms with Gasteiger partial charge in [0, 0.05) is 22.5 Å². The van der Waals surface area contributed by atoms with Gasteiger partial charge in [0.1, 0.15) is 28.7 Å². The molecule has 2 aromatic carbocycles. The number of halogens is 4. The number of hydrogen-bond acceptors (Lipinski definition) is 5. The molecule has 1 N–H and O–H groups in total. The summed E-state index contributed by atoms with van der Waals surface area (Å²) in [5.74, 6) is -3.36. The van der Waals surface area contributed by atoms with Gasteiger partial charge in [-0.15, -0.1) is 0 Å². The lowest BCUT2D eigenvalue weighted by Gasteiger charge is -2.50. The van der Waals surface area contributed by atoms with Crippen LogP contribution in [-0.4, -0.2) is 39.0 Å². The first-order chi connectivity index (χ1) is 20.7. The summed E-state index contributed by atoms with van der Waals surface area (Å²) in [6.07, 6.45) is 1.70. The highest BCUT2D eigenvalue weighted by Gasteiger charge is 2.63. The second-order valence-corrected chi connectivity index (χ2v) is 18.5. The van der Waals surface area contributed by atoms with Gasteiger partial charge in [-0.05, 0) is 88.1 Å². The highest BCUT2D eigenvalue weighted by molar-refractivity contribution is 6.32. The number of rotatable bonds is 10. The van der Waals surface area contributed by atoms with Gasteiger partial charge >= 0.3 is 5.97 Å². The molecule has 4 unspecified atom stereocenters. The van der Waals surface area contributed by atoms with Crippen LogP contribution >= 0.6 is 23.2 Å². The molecule has 0 aromatic heterocycles. The number of benzene rings is 2. The van der Waals surface area contributed by atoms with Crippen LogP contribution in [0.1, 0.15) is 106 Å². The molecule has 0 amide bonds. The van der Waals surface area contributed by atoms with E-state index in [4.69, 9.17) is 32.4 Å². The topological polar surface area (TPSA) is 71.3 Å². The lowest BCUT2D eigenvalue weighted by atomic mass is 9.59. The van der Waals surface area contributed by atoms with E-state index in [0.29, 0.717) is 19.3 Å². The fourth-order valence-electron chi connectivity index (χ4n) is 6.86. The van der Waals surface area contributed by atoms with E-state index >= 15 is 8.78 Å². The lowest BCUT2D eigenvalue weighted by molar-refractivity contribution is -0.157. The number of carbonyl (C=O) groups is 1. The normalized spacial score (nSPS) is 23.0. The predicted octanol–water partition coefficient (Wildman–Crippen LogP) is 8.79. The van der Waals surface area contributed by atoms with Crippen LogP contribution in [0, 0.1) is 28.4 Å². The summed E-state index contributed by atoms with van der Waals surface area (Å²) in [6.45, 7) is 20.0. The average Bonchev–Trinajstić information content (AvgIpc) is 3.25. The maximum atomic E-state index is 16.1. The zero-order valence-electron chi connectivity index (χ0n) is 28.2. The largest absolute Gasteiger partial charge is 0.459 e. The molecule has 1 saturated heterocycles. The minimum Gasteiger partial charge on any atom is -0.459 e. The van der Waals surface area contributed by atoms with Crippen molar-refractivity contribution in [3.8, 4) is 6.07 Å². The van der Waals surface area contributed by atoms with Crippen LogP contribution in [0.3, 0.4) is 0 Å². The Kier molecular flexibility index (Phi) is 11.3. The smallest absolute Gasteiger partial charge is 0.324 e. The molecule has 45 heavy (non-hydrogen) atoms. The Morgan fingerprint density at radius 1 is 1.04 bits per heavy atom. The number of nitrogens with one attached hydrogen (secondary N) is 1. The van der Waals surface area contributed by atoms with E-state index in [2.05, 4.69) is 59.9 Å². The molecule has 1 fully saturated rings. The number of nitrogens with zero attached hydrogens (tertiary/aromatic N) is 1.